The Bertz CT molecular complexity index is 228. The van der Waals surface area contributed by atoms with E-state index in [0.29, 0.717) is 5.92 Å². The van der Waals surface area contributed by atoms with Gasteiger partial charge in [0.2, 0.25) is 0 Å². The first-order chi connectivity index (χ1) is 5.74. The number of thioether (sulfide) groups is 1. The Morgan fingerprint density at radius 2 is 2.17 bits per heavy atom. The van der Waals surface area contributed by atoms with Crippen molar-refractivity contribution in [2.45, 2.75) is 25.5 Å². The smallest absolute Gasteiger partial charge is 0.0429 e. The van der Waals surface area contributed by atoms with Crippen LogP contribution in [0.2, 0.25) is 0 Å². The van der Waals surface area contributed by atoms with E-state index in [0.717, 1.165) is 5.75 Å². The Morgan fingerprint density at radius 1 is 1.42 bits per heavy atom. The lowest BCUT2D eigenvalue weighted by Gasteiger charge is -2.04. The normalized spacial score (nSPS) is 10.7. The van der Waals surface area contributed by atoms with Crippen LogP contribution in [0.4, 0.5) is 0 Å². The number of aromatic nitrogens is 1. The molecule has 0 aliphatic rings. The maximum Gasteiger partial charge on any atom is 0.0429 e. The Kier molecular flexibility index (Phi) is 3.60. The van der Waals surface area contributed by atoms with Gasteiger partial charge in [-0.3, -0.25) is 4.98 Å². The monoisotopic (exact) mass is 181 g/mol. The molecule has 1 aromatic rings. The van der Waals surface area contributed by atoms with Crippen molar-refractivity contribution in [3.05, 3.63) is 29.6 Å². The van der Waals surface area contributed by atoms with Gasteiger partial charge in [0.05, 0.1) is 0 Å². The molecule has 1 aromatic heterocycles. The first-order valence-corrected chi connectivity index (χ1v) is 5.57. The highest BCUT2D eigenvalue weighted by Crippen LogP contribution is 2.13. The largest absolute Gasteiger partial charge is 0.261 e. The molecule has 2 heteroatoms. The fourth-order valence-electron chi connectivity index (χ4n) is 1.03. The van der Waals surface area contributed by atoms with Gasteiger partial charge in [-0.25, -0.2) is 0 Å². The van der Waals surface area contributed by atoms with Crippen molar-refractivity contribution >= 4 is 11.8 Å². The predicted molar refractivity (Wildman–Crippen MR) is 55.5 cm³/mol. The van der Waals surface area contributed by atoms with Crippen molar-refractivity contribution < 1.29 is 0 Å². The number of hydrogen-bond donors (Lipinski definition) is 0. The van der Waals surface area contributed by atoms with Gasteiger partial charge in [0.15, 0.2) is 0 Å². The van der Waals surface area contributed by atoms with Crippen LogP contribution in [0.5, 0.6) is 0 Å². The van der Waals surface area contributed by atoms with Crippen LogP contribution in [0.25, 0.3) is 0 Å². The summed E-state index contributed by atoms with van der Waals surface area (Å²) in [7, 11) is 0. The Labute approximate surface area is 78.6 Å². The van der Waals surface area contributed by atoms with Gasteiger partial charge < -0.3 is 0 Å². The number of pyridine rings is 1. The lowest BCUT2D eigenvalue weighted by Crippen LogP contribution is -1.92. The molecule has 0 bridgehead atoms. The van der Waals surface area contributed by atoms with E-state index in [1.165, 1.54) is 11.3 Å². The SMILES string of the molecule is CSCc1ccc(C(C)C)nc1. The second kappa shape index (κ2) is 4.51. The molecule has 1 nitrogen and oxygen atoms in total. The molecule has 0 amide bonds. The Balaban J connectivity index is 2.71. The highest BCUT2D eigenvalue weighted by molar-refractivity contribution is 7.97. The molecule has 0 radical (unpaired) electrons. The average molecular weight is 181 g/mol. The quantitative estimate of drug-likeness (QED) is 0.710. The van der Waals surface area contributed by atoms with Crippen molar-refractivity contribution in [1.82, 2.24) is 4.98 Å². The highest BCUT2D eigenvalue weighted by atomic mass is 32.2. The van der Waals surface area contributed by atoms with Gasteiger partial charge in [-0.1, -0.05) is 19.9 Å². The molecule has 12 heavy (non-hydrogen) atoms. The van der Waals surface area contributed by atoms with E-state index in [2.05, 4.69) is 37.2 Å². The van der Waals surface area contributed by atoms with Crippen LogP contribution >= 0.6 is 11.8 Å². The summed E-state index contributed by atoms with van der Waals surface area (Å²) in [5.74, 6) is 1.60. The van der Waals surface area contributed by atoms with Crippen LogP contribution in [-0.2, 0) is 5.75 Å². The highest BCUT2D eigenvalue weighted by Gasteiger charge is 1.99. The fourth-order valence-corrected chi connectivity index (χ4v) is 1.53. The first kappa shape index (κ1) is 9.59. The molecule has 1 heterocycles. The summed E-state index contributed by atoms with van der Waals surface area (Å²) in [5, 5.41) is 0. The second-order valence-corrected chi connectivity index (χ2v) is 4.05. The minimum absolute atomic E-state index is 0.535. The predicted octanol–water partition coefficient (Wildman–Crippen LogP) is 3.07. The van der Waals surface area contributed by atoms with Crippen LogP contribution in [0.15, 0.2) is 18.3 Å². The zero-order valence-electron chi connectivity index (χ0n) is 7.87. The molecule has 0 N–H and O–H groups in total. The molecule has 0 unspecified atom stereocenters. The van der Waals surface area contributed by atoms with Gasteiger partial charge >= 0.3 is 0 Å². The summed E-state index contributed by atoms with van der Waals surface area (Å²) in [6.45, 7) is 4.33. The van der Waals surface area contributed by atoms with Gasteiger partial charge in [-0.05, 0) is 23.8 Å². The van der Waals surface area contributed by atoms with E-state index < -0.39 is 0 Å². The van der Waals surface area contributed by atoms with E-state index >= 15 is 0 Å². The van der Waals surface area contributed by atoms with Gasteiger partial charge in [-0.15, -0.1) is 0 Å². The standard InChI is InChI=1S/C10H15NS/c1-8(2)10-5-4-9(6-11-10)7-12-3/h4-6,8H,7H2,1-3H3. The van der Waals surface area contributed by atoms with Crippen molar-refractivity contribution in [3.63, 3.8) is 0 Å². The van der Waals surface area contributed by atoms with E-state index in [9.17, 15) is 0 Å². The molecular weight excluding hydrogens is 166 g/mol. The van der Waals surface area contributed by atoms with Crippen molar-refractivity contribution in [3.8, 4) is 0 Å². The maximum atomic E-state index is 4.38. The maximum absolute atomic E-state index is 4.38. The molecule has 0 aromatic carbocycles. The molecule has 1 rings (SSSR count). The first-order valence-electron chi connectivity index (χ1n) is 4.18. The summed E-state index contributed by atoms with van der Waals surface area (Å²) in [5.41, 5.74) is 2.49. The summed E-state index contributed by atoms with van der Waals surface area (Å²) in [6, 6.07) is 4.29. The van der Waals surface area contributed by atoms with Crippen molar-refractivity contribution in [2.75, 3.05) is 6.26 Å². The molecule has 0 aliphatic carbocycles. The topological polar surface area (TPSA) is 12.9 Å². The van der Waals surface area contributed by atoms with Crippen LogP contribution in [0.3, 0.4) is 0 Å². The molecule has 0 saturated heterocycles. The van der Waals surface area contributed by atoms with E-state index in [-0.39, 0.29) is 0 Å². The van der Waals surface area contributed by atoms with Crippen LogP contribution < -0.4 is 0 Å². The summed E-state index contributed by atoms with van der Waals surface area (Å²) >= 11 is 1.83. The second-order valence-electron chi connectivity index (χ2n) is 3.18. The average Bonchev–Trinajstić information content (AvgIpc) is 2.06. The molecule has 0 spiro atoms. The van der Waals surface area contributed by atoms with Crippen LogP contribution in [-0.4, -0.2) is 11.2 Å². The molecular formula is C10H15NS. The van der Waals surface area contributed by atoms with Crippen LogP contribution in [0, 0.1) is 0 Å². The molecule has 0 aliphatic heterocycles. The zero-order valence-corrected chi connectivity index (χ0v) is 8.69. The molecule has 0 fully saturated rings. The number of rotatable bonds is 3. The molecule has 66 valence electrons. The Morgan fingerprint density at radius 3 is 2.58 bits per heavy atom. The van der Waals surface area contributed by atoms with Crippen molar-refractivity contribution in [2.24, 2.45) is 0 Å². The summed E-state index contributed by atoms with van der Waals surface area (Å²) < 4.78 is 0. The van der Waals surface area contributed by atoms with E-state index in [1.54, 1.807) is 0 Å². The Hall–Kier alpha value is -0.500. The number of hydrogen-bond acceptors (Lipinski definition) is 2. The van der Waals surface area contributed by atoms with E-state index in [1.807, 2.05) is 18.0 Å². The summed E-state index contributed by atoms with van der Waals surface area (Å²) in [6.07, 6.45) is 4.09. The minimum Gasteiger partial charge on any atom is -0.261 e. The molecule has 0 atom stereocenters. The molecule has 0 saturated carbocycles. The van der Waals surface area contributed by atoms with Gasteiger partial charge in [0.25, 0.3) is 0 Å². The van der Waals surface area contributed by atoms with Crippen LogP contribution in [0.1, 0.15) is 31.0 Å². The lowest BCUT2D eigenvalue weighted by molar-refractivity contribution is 0.821. The van der Waals surface area contributed by atoms with Gasteiger partial charge in [0.1, 0.15) is 0 Å². The lowest BCUT2D eigenvalue weighted by atomic mass is 10.1. The van der Waals surface area contributed by atoms with Gasteiger partial charge in [-0.2, -0.15) is 11.8 Å². The number of nitrogens with zero attached hydrogens (tertiary/aromatic N) is 1. The van der Waals surface area contributed by atoms with Gasteiger partial charge in [0, 0.05) is 17.6 Å². The fraction of sp³-hybridized carbons (Fsp3) is 0.500. The zero-order chi connectivity index (χ0) is 8.97. The third kappa shape index (κ3) is 2.52. The minimum atomic E-state index is 0.535. The third-order valence-corrected chi connectivity index (χ3v) is 2.37. The van der Waals surface area contributed by atoms with E-state index in [4.69, 9.17) is 0 Å². The summed E-state index contributed by atoms with van der Waals surface area (Å²) in [4.78, 5) is 4.38. The van der Waals surface area contributed by atoms with Crippen molar-refractivity contribution in [1.29, 1.82) is 0 Å². The third-order valence-electron chi connectivity index (χ3n) is 1.75.